The molecule has 0 aliphatic rings. The van der Waals surface area contributed by atoms with Crippen molar-refractivity contribution >= 4 is 28.9 Å². The number of carboxylic acid groups (broad SMARTS) is 1. The normalized spacial score (nSPS) is 10.1. The zero-order valence-corrected chi connectivity index (χ0v) is 10.8. The highest BCUT2D eigenvalue weighted by Gasteiger charge is 2.18. The standard InChI is InChI=1S/C11H8ClNO4S/c1-16-7-4-2-3-6(10(14)15)9(7)17-11-13-8(12)5-18-11/h2-5H,1H3,(H,14,15). The average molecular weight is 286 g/mol. The number of aromatic carboxylic acids is 1. The first-order valence-corrected chi connectivity index (χ1v) is 6.06. The smallest absolute Gasteiger partial charge is 0.339 e. The number of aromatic nitrogens is 1. The van der Waals surface area contributed by atoms with Crippen molar-refractivity contribution in [2.45, 2.75) is 0 Å². The van der Waals surface area contributed by atoms with Crippen LogP contribution in [-0.2, 0) is 0 Å². The van der Waals surface area contributed by atoms with Gasteiger partial charge in [0.05, 0.1) is 7.11 Å². The average Bonchev–Trinajstić information content (AvgIpc) is 2.75. The number of hydrogen-bond donors (Lipinski definition) is 1. The second-order valence-electron chi connectivity index (χ2n) is 3.18. The largest absolute Gasteiger partial charge is 0.493 e. The second kappa shape index (κ2) is 5.24. The molecule has 0 bridgehead atoms. The molecule has 0 amide bonds. The summed E-state index contributed by atoms with van der Waals surface area (Å²) in [7, 11) is 1.43. The maximum absolute atomic E-state index is 11.1. The predicted molar refractivity (Wildman–Crippen MR) is 67.2 cm³/mol. The Morgan fingerprint density at radius 3 is 2.83 bits per heavy atom. The molecule has 1 aromatic heterocycles. The van der Waals surface area contributed by atoms with E-state index in [1.165, 1.54) is 24.5 Å². The van der Waals surface area contributed by atoms with Gasteiger partial charge < -0.3 is 14.6 Å². The van der Waals surface area contributed by atoms with Crippen molar-refractivity contribution in [2.24, 2.45) is 0 Å². The van der Waals surface area contributed by atoms with Crippen LogP contribution in [0, 0.1) is 0 Å². The number of ether oxygens (including phenoxy) is 2. The molecule has 0 radical (unpaired) electrons. The summed E-state index contributed by atoms with van der Waals surface area (Å²) >= 11 is 6.84. The molecule has 5 nitrogen and oxygen atoms in total. The minimum atomic E-state index is -1.11. The van der Waals surface area contributed by atoms with Gasteiger partial charge in [-0.15, -0.1) is 0 Å². The van der Waals surface area contributed by atoms with Crippen molar-refractivity contribution in [1.29, 1.82) is 0 Å². The molecule has 1 N–H and O–H groups in total. The van der Waals surface area contributed by atoms with Crippen molar-refractivity contribution in [2.75, 3.05) is 7.11 Å². The molecule has 0 spiro atoms. The van der Waals surface area contributed by atoms with Crippen LogP contribution in [0.4, 0.5) is 0 Å². The number of benzene rings is 1. The molecule has 0 aliphatic carbocycles. The van der Waals surface area contributed by atoms with Gasteiger partial charge in [-0.05, 0) is 12.1 Å². The fraction of sp³-hybridized carbons (Fsp3) is 0.0909. The maximum Gasteiger partial charge on any atom is 0.339 e. The summed E-state index contributed by atoms with van der Waals surface area (Å²) in [5.74, 6) is -0.675. The summed E-state index contributed by atoms with van der Waals surface area (Å²) in [5.41, 5.74) is 0.000623. The zero-order chi connectivity index (χ0) is 13.1. The molecule has 7 heteroatoms. The van der Waals surface area contributed by atoms with Crippen molar-refractivity contribution in [3.63, 3.8) is 0 Å². The van der Waals surface area contributed by atoms with Gasteiger partial charge in [-0.2, -0.15) is 4.98 Å². The third-order valence-corrected chi connectivity index (χ3v) is 3.11. The van der Waals surface area contributed by atoms with Gasteiger partial charge in [0.1, 0.15) is 10.7 Å². The summed E-state index contributed by atoms with van der Waals surface area (Å²) in [5, 5.41) is 11.2. The first kappa shape index (κ1) is 12.7. The minimum absolute atomic E-state index is 0.000623. The number of hydrogen-bond acceptors (Lipinski definition) is 5. The molecule has 0 atom stereocenters. The van der Waals surface area contributed by atoms with Crippen molar-refractivity contribution < 1.29 is 19.4 Å². The number of carboxylic acids is 1. The Balaban J connectivity index is 2.44. The Hall–Kier alpha value is -1.79. The molecule has 0 saturated heterocycles. The van der Waals surface area contributed by atoms with E-state index in [9.17, 15) is 4.79 Å². The third-order valence-electron chi connectivity index (χ3n) is 2.07. The van der Waals surface area contributed by atoms with E-state index in [-0.39, 0.29) is 16.5 Å². The van der Waals surface area contributed by atoms with E-state index in [0.29, 0.717) is 10.9 Å². The quantitative estimate of drug-likeness (QED) is 0.933. The Morgan fingerprint density at radius 1 is 1.50 bits per heavy atom. The van der Waals surface area contributed by atoms with Gasteiger partial charge in [0.15, 0.2) is 11.5 Å². The van der Waals surface area contributed by atoms with Gasteiger partial charge in [-0.1, -0.05) is 29.0 Å². The molecule has 0 unspecified atom stereocenters. The predicted octanol–water partition coefficient (Wildman–Crippen LogP) is 3.30. The lowest BCUT2D eigenvalue weighted by Crippen LogP contribution is -2.01. The Labute approximate surface area is 112 Å². The molecule has 94 valence electrons. The summed E-state index contributed by atoms with van der Waals surface area (Å²) < 4.78 is 10.5. The fourth-order valence-corrected chi connectivity index (χ4v) is 2.12. The number of methoxy groups -OCH3 is 1. The van der Waals surface area contributed by atoms with Gasteiger partial charge >= 0.3 is 5.97 Å². The molecular weight excluding hydrogens is 278 g/mol. The van der Waals surface area contributed by atoms with Crippen LogP contribution in [0.15, 0.2) is 23.6 Å². The fourth-order valence-electron chi connectivity index (χ4n) is 1.32. The first-order valence-electron chi connectivity index (χ1n) is 4.81. The SMILES string of the molecule is COc1cccc(C(=O)O)c1Oc1nc(Cl)cs1. The molecule has 0 saturated carbocycles. The molecular formula is C11H8ClNO4S. The summed E-state index contributed by atoms with van der Waals surface area (Å²) in [4.78, 5) is 15.0. The zero-order valence-electron chi connectivity index (χ0n) is 9.21. The maximum atomic E-state index is 11.1. The summed E-state index contributed by atoms with van der Waals surface area (Å²) in [6.07, 6.45) is 0. The molecule has 1 heterocycles. The van der Waals surface area contributed by atoms with Gasteiger partial charge in [-0.25, -0.2) is 4.79 Å². The number of para-hydroxylation sites is 1. The number of thiazole rings is 1. The minimum Gasteiger partial charge on any atom is -0.493 e. The summed E-state index contributed by atoms with van der Waals surface area (Å²) in [6.45, 7) is 0. The van der Waals surface area contributed by atoms with Crippen LogP contribution in [0.25, 0.3) is 0 Å². The Bertz CT molecular complexity index is 584. The second-order valence-corrected chi connectivity index (χ2v) is 4.39. The van der Waals surface area contributed by atoms with Crippen LogP contribution in [0.5, 0.6) is 16.7 Å². The van der Waals surface area contributed by atoms with E-state index < -0.39 is 5.97 Å². The first-order chi connectivity index (χ1) is 8.61. The van der Waals surface area contributed by atoms with Crippen LogP contribution >= 0.6 is 22.9 Å². The summed E-state index contributed by atoms with van der Waals surface area (Å²) in [6, 6.07) is 4.61. The highest BCUT2D eigenvalue weighted by Crippen LogP contribution is 2.36. The van der Waals surface area contributed by atoms with Crippen molar-refractivity contribution in [1.82, 2.24) is 4.98 Å². The van der Waals surface area contributed by atoms with Crippen LogP contribution < -0.4 is 9.47 Å². The van der Waals surface area contributed by atoms with E-state index in [1.807, 2.05) is 0 Å². The van der Waals surface area contributed by atoms with E-state index in [1.54, 1.807) is 17.5 Å². The van der Waals surface area contributed by atoms with E-state index in [0.717, 1.165) is 0 Å². The van der Waals surface area contributed by atoms with E-state index in [2.05, 4.69) is 4.98 Å². The molecule has 18 heavy (non-hydrogen) atoms. The highest BCUT2D eigenvalue weighted by atomic mass is 35.5. The molecule has 2 rings (SSSR count). The highest BCUT2D eigenvalue weighted by molar-refractivity contribution is 7.11. The van der Waals surface area contributed by atoms with Crippen LogP contribution in [0.2, 0.25) is 5.15 Å². The van der Waals surface area contributed by atoms with Gasteiger partial charge in [0, 0.05) is 5.38 Å². The number of halogens is 1. The van der Waals surface area contributed by atoms with Gasteiger partial charge in [0.2, 0.25) is 0 Å². The molecule has 2 aromatic rings. The lowest BCUT2D eigenvalue weighted by atomic mass is 10.2. The number of nitrogens with zero attached hydrogens (tertiary/aromatic N) is 1. The molecule has 0 aliphatic heterocycles. The van der Waals surface area contributed by atoms with E-state index in [4.69, 9.17) is 26.2 Å². The topological polar surface area (TPSA) is 68.7 Å². The Kier molecular flexibility index (Phi) is 3.69. The lowest BCUT2D eigenvalue weighted by Gasteiger charge is -2.10. The Morgan fingerprint density at radius 2 is 2.28 bits per heavy atom. The third kappa shape index (κ3) is 2.55. The molecule has 1 aromatic carbocycles. The van der Waals surface area contributed by atoms with Crippen LogP contribution in [0.3, 0.4) is 0 Å². The van der Waals surface area contributed by atoms with Crippen LogP contribution in [-0.4, -0.2) is 23.2 Å². The van der Waals surface area contributed by atoms with Crippen molar-refractivity contribution in [3.8, 4) is 16.7 Å². The monoisotopic (exact) mass is 285 g/mol. The van der Waals surface area contributed by atoms with Crippen LogP contribution in [0.1, 0.15) is 10.4 Å². The molecule has 0 fully saturated rings. The van der Waals surface area contributed by atoms with E-state index >= 15 is 0 Å². The number of carbonyl (C=O) groups is 1. The van der Waals surface area contributed by atoms with Gasteiger partial charge in [0.25, 0.3) is 5.19 Å². The van der Waals surface area contributed by atoms with Gasteiger partial charge in [-0.3, -0.25) is 0 Å². The lowest BCUT2D eigenvalue weighted by molar-refractivity contribution is 0.0693. The van der Waals surface area contributed by atoms with Crippen molar-refractivity contribution in [3.05, 3.63) is 34.3 Å². The number of rotatable bonds is 4.